The third-order valence-corrected chi connectivity index (χ3v) is 3.41. The minimum atomic E-state index is -0.241. The van der Waals surface area contributed by atoms with Gasteiger partial charge in [0.1, 0.15) is 12.6 Å². The maximum atomic E-state index is 9.53. The zero-order chi connectivity index (χ0) is 13.5. The Morgan fingerprint density at radius 2 is 1.76 bits per heavy atom. The van der Waals surface area contributed by atoms with E-state index >= 15 is 0 Å². The van der Waals surface area contributed by atoms with Crippen molar-refractivity contribution in [3.63, 3.8) is 0 Å². The summed E-state index contributed by atoms with van der Waals surface area (Å²) >= 11 is 0. The van der Waals surface area contributed by atoms with Gasteiger partial charge in [0.05, 0.1) is 26.7 Å². The Labute approximate surface area is 107 Å². The topological polar surface area (TPSA) is 29.5 Å². The van der Waals surface area contributed by atoms with Crippen LogP contribution in [0.25, 0.3) is 0 Å². The van der Waals surface area contributed by atoms with E-state index in [-0.39, 0.29) is 6.10 Å². The second-order valence-corrected chi connectivity index (χ2v) is 5.88. The summed E-state index contributed by atoms with van der Waals surface area (Å²) in [6.07, 6.45) is 3.55. The predicted molar refractivity (Wildman–Crippen MR) is 73.0 cm³/mol. The van der Waals surface area contributed by atoms with Gasteiger partial charge in [-0.1, -0.05) is 20.3 Å². The molecule has 0 aliphatic heterocycles. The van der Waals surface area contributed by atoms with Gasteiger partial charge in [0, 0.05) is 13.0 Å². The highest BCUT2D eigenvalue weighted by atomic mass is 16.5. The first-order chi connectivity index (χ1) is 7.86. The average Bonchev–Trinajstić information content (AvgIpc) is 2.21. The van der Waals surface area contributed by atoms with E-state index in [0.717, 1.165) is 30.4 Å². The molecule has 3 nitrogen and oxygen atoms in total. The van der Waals surface area contributed by atoms with Gasteiger partial charge in [-0.3, -0.25) is 0 Å². The van der Waals surface area contributed by atoms with Crippen molar-refractivity contribution < 1.29 is 14.3 Å². The van der Waals surface area contributed by atoms with Crippen LogP contribution in [0.4, 0.5) is 0 Å². The number of likely N-dealkylation sites (N-methyl/N-ethyl adjacent to an activating group) is 1. The highest BCUT2D eigenvalue weighted by Crippen LogP contribution is 2.20. The number of nitrogens with zero attached hydrogens (tertiary/aromatic N) is 1. The molecule has 3 atom stereocenters. The Hall–Kier alpha value is -0.120. The fourth-order valence-corrected chi connectivity index (χ4v) is 2.76. The second-order valence-electron chi connectivity index (χ2n) is 5.88. The van der Waals surface area contributed by atoms with Crippen LogP contribution in [0.5, 0.6) is 0 Å². The number of rotatable bonds is 9. The highest BCUT2D eigenvalue weighted by molar-refractivity contribution is 4.69. The summed E-state index contributed by atoms with van der Waals surface area (Å²) in [6, 6.07) is 0. The molecular weight excluding hydrogens is 214 g/mol. The molecule has 0 saturated carbocycles. The summed E-state index contributed by atoms with van der Waals surface area (Å²) in [5.41, 5.74) is 0. The van der Waals surface area contributed by atoms with Crippen molar-refractivity contribution in [2.75, 3.05) is 34.3 Å². The maximum Gasteiger partial charge on any atom is 0.104 e. The summed E-state index contributed by atoms with van der Waals surface area (Å²) in [7, 11) is 6.19. The Morgan fingerprint density at radius 3 is 2.12 bits per heavy atom. The van der Waals surface area contributed by atoms with Gasteiger partial charge in [0.25, 0.3) is 0 Å². The van der Waals surface area contributed by atoms with Crippen LogP contribution in [-0.2, 0) is 4.74 Å². The van der Waals surface area contributed by atoms with E-state index in [1.54, 1.807) is 0 Å². The lowest BCUT2D eigenvalue weighted by atomic mass is 9.94. The van der Waals surface area contributed by atoms with Crippen molar-refractivity contribution in [3.8, 4) is 0 Å². The number of methoxy groups -OCH3 is 1. The van der Waals surface area contributed by atoms with Crippen LogP contribution >= 0.6 is 0 Å². The van der Waals surface area contributed by atoms with Crippen LogP contribution in [0.1, 0.15) is 40.0 Å². The minimum absolute atomic E-state index is 0.241. The van der Waals surface area contributed by atoms with Crippen LogP contribution < -0.4 is 0 Å². The quantitative estimate of drug-likeness (QED) is 0.633. The predicted octanol–water partition coefficient (Wildman–Crippen LogP) is 2.28. The second kappa shape index (κ2) is 8.06. The molecule has 0 bridgehead atoms. The van der Waals surface area contributed by atoms with Crippen LogP contribution in [0.15, 0.2) is 0 Å². The van der Waals surface area contributed by atoms with E-state index in [0.29, 0.717) is 12.0 Å². The molecule has 0 aromatic heterocycles. The van der Waals surface area contributed by atoms with E-state index < -0.39 is 0 Å². The Balaban J connectivity index is 4.45. The molecule has 0 amide bonds. The van der Waals surface area contributed by atoms with Gasteiger partial charge in [0.2, 0.25) is 0 Å². The molecule has 0 saturated heterocycles. The lowest BCUT2D eigenvalue weighted by Crippen LogP contribution is -2.49. The minimum Gasteiger partial charge on any atom is -0.388 e. The molecule has 104 valence electrons. The lowest BCUT2D eigenvalue weighted by molar-refractivity contribution is -0.897. The number of ether oxygens (including phenoxy) is 1. The van der Waals surface area contributed by atoms with Gasteiger partial charge in [-0.05, 0) is 19.8 Å². The van der Waals surface area contributed by atoms with Crippen molar-refractivity contribution in [1.82, 2.24) is 0 Å². The van der Waals surface area contributed by atoms with E-state index in [9.17, 15) is 5.11 Å². The van der Waals surface area contributed by atoms with Crippen molar-refractivity contribution in [2.45, 2.75) is 52.2 Å². The molecule has 0 fully saturated rings. The van der Waals surface area contributed by atoms with E-state index in [4.69, 9.17) is 4.74 Å². The van der Waals surface area contributed by atoms with Gasteiger partial charge < -0.3 is 14.3 Å². The van der Waals surface area contributed by atoms with Crippen LogP contribution in [0.2, 0.25) is 0 Å². The van der Waals surface area contributed by atoms with Crippen LogP contribution in [-0.4, -0.2) is 56.1 Å². The van der Waals surface area contributed by atoms with E-state index in [2.05, 4.69) is 27.9 Å². The first kappa shape index (κ1) is 16.9. The number of aliphatic hydroxyl groups is 1. The summed E-state index contributed by atoms with van der Waals surface area (Å²) in [6.45, 7) is 8.17. The van der Waals surface area contributed by atoms with Crippen molar-refractivity contribution in [2.24, 2.45) is 5.92 Å². The standard InChI is InChI=1S/C14H32NO2/c1-7-9-14(17-6)13(8-2)11-15(4,5)10-12(3)16/h12-14,16H,7-11H2,1-6H3/q+1. The largest absolute Gasteiger partial charge is 0.388 e. The van der Waals surface area contributed by atoms with Gasteiger partial charge in [-0.2, -0.15) is 0 Å². The summed E-state index contributed by atoms with van der Waals surface area (Å²) in [5, 5.41) is 9.53. The Bertz CT molecular complexity index is 193. The fourth-order valence-electron chi connectivity index (χ4n) is 2.76. The molecule has 0 radical (unpaired) electrons. The Morgan fingerprint density at radius 1 is 1.18 bits per heavy atom. The fraction of sp³-hybridized carbons (Fsp3) is 1.00. The van der Waals surface area contributed by atoms with Crippen molar-refractivity contribution in [3.05, 3.63) is 0 Å². The van der Waals surface area contributed by atoms with Gasteiger partial charge in [0.15, 0.2) is 0 Å². The third kappa shape index (κ3) is 7.02. The van der Waals surface area contributed by atoms with Gasteiger partial charge >= 0.3 is 0 Å². The number of quaternary nitrogens is 1. The SMILES string of the molecule is CCCC(OC)C(CC)C[N+](C)(C)CC(C)O. The Kier molecular flexibility index (Phi) is 8.01. The molecule has 3 unspecified atom stereocenters. The lowest BCUT2D eigenvalue weighted by Gasteiger charge is -2.36. The monoisotopic (exact) mass is 246 g/mol. The maximum absolute atomic E-state index is 9.53. The molecule has 0 rings (SSSR count). The first-order valence-corrected chi connectivity index (χ1v) is 6.89. The molecule has 0 aromatic carbocycles. The van der Waals surface area contributed by atoms with Crippen molar-refractivity contribution in [1.29, 1.82) is 0 Å². The molecule has 0 spiro atoms. The first-order valence-electron chi connectivity index (χ1n) is 6.89. The number of aliphatic hydroxyl groups excluding tert-OH is 1. The van der Waals surface area contributed by atoms with E-state index in [1.807, 2.05) is 14.0 Å². The summed E-state index contributed by atoms with van der Waals surface area (Å²) < 4.78 is 6.48. The average molecular weight is 246 g/mol. The molecule has 0 aliphatic carbocycles. The molecule has 0 aliphatic rings. The van der Waals surface area contributed by atoms with Crippen LogP contribution in [0.3, 0.4) is 0 Å². The van der Waals surface area contributed by atoms with Gasteiger partial charge in [-0.15, -0.1) is 0 Å². The molecule has 0 heterocycles. The van der Waals surface area contributed by atoms with E-state index in [1.165, 1.54) is 6.42 Å². The smallest absolute Gasteiger partial charge is 0.104 e. The van der Waals surface area contributed by atoms with Crippen LogP contribution in [0, 0.1) is 5.92 Å². The zero-order valence-corrected chi connectivity index (χ0v) is 12.6. The molecular formula is C14H32NO2+. The van der Waals surface area contributed by atoms with Gasteiger partial charge in [-0.25, -0.2) is 0 Å². The molecule has 1 N–H and O–H groups in total. The highest BCUT2D eigenvalue weighted by Gasteiger charge is 2.28. The van der Waals surface area contributed by atoms with Crippen molar-refractivity contribution >= 4 is 0 Å². The normalized spacial score (nSPS) is 17.8. The molecule has 0 aromatic rings. The third-order valence-electron chi connectivity index (χ3n) is 3.41. The zero-order valence-electron chi connectivity index (χ0n) is 12.6. The number of hydrogen-bond donors (Lipinski definition) is 1. The molecule has 3 heteroatoms. The number of hydrogen-bond acceptors (Lipinski definition) is 2. The molecule has 17 heavy (non-hydrogen) atoms. The summed E-state index contributed by atoms with van der Waals surface area (Å²) in [5.74, 6) is 0.577. The summed E-state index contributed by atoms with van der Waals surface area (Å²) in [4.78, 5) is 0.